The van der Waals surface area contributed by atoms with E-state index >= 15 is 0 Å². The average Bonchev–Trinajstić information content (AvgIpc) is 2.77. The first-order valence-electron chi connectivity index (χ1n) is 6.23. The van der Waals surface area contributed by atoms with Gasteiger partial charge in [0.1, 0.15) is 0 Å². The summed E-state index contributed by atoms with van der Waals surface area (Å²) < 4.78 is 0. The summed E-state index contributed by atoms with van der Waals surface area (Å²) in [6.07, 6.45) is 0.239. The number of hydrogen-bond donors (Lipinski definition) is 2. The van der Waals surface area contributed by atoms with Crippen molar-refractivity contribution in [2.75, 3.05) is 30.0 Å². The second-order valence-corrected chi connectivity index (χ2v) is 5.69. The van der Waals surface area contributed by atoms with Crippen LogP contribution in [0.2, 0.25) is 0 Å². The average molecular weight is 290 g/mol. The molecule has 0 unspecified atom stereocenters. The quantitative estimate of drug-likeness (QED) is 0.906. The van der Waals surface area contributed by atoms with Crippen molar-refractivity contribution in [2.24, 2.45) is 0 Å². The molecule has 1 heterocycles. The Hall–Kier alpha value is -2.08. The highest BCUT2D eigenvalue weighted by Gasteiger charge is 2.09. The Bertz CT molecular complexity index is 621. The lowest BCUT2D eigenvalue weighted by Crippen LogP contribution is -2.16. The van der Waals surface area contributed by atoms with Gasteiger partial charge >= 0.3 is 0 Å². The Morgan fingerprint density at radius 3 is 2.75 bits per heavy atom. The fraction of sp³-hybridized carbons (Fsp3) is 0.286. The number of nitrogens with zero attached hydrogens (tertiary/aromatic N) is 2. The third-order valence-electron chi connectivity index (χ3n) is 2.91. The van der Waals surface area contributed by atoms with Crippen LogP contribution in [0.25, 0.3) is 0 Å². The standard InChI is InChI=1S/C14H18N4OS/c1-9-6-11(18(2)3)4-5-12(9)17-13(19)7-10-8-20-14(15)16-10/h4-6,8H,7H2,1-3H3,(H2,15,16)(H,17,19). The topological polar surface area (TPSA) is 71.2 Å². The van der Waals surface area contributed by atoms with E-state index in [1.807, 2.05) is 44.1 Å². The molecule has 1 amide bonds. The Balaban J connectivity index is 2.04. The maximum absolute atomic E-state index is 12.0. The fourth-order valence-corrected chi connectivity index (χ4v) is 2.39. The van der Waals surface area contributed by atoms with E-state index in [1.54, 1.807) is 5.38 Å². The monoisotopic (exact) mass is 290 g/mol. The molecule has 106 valence electrons. The number of benzene rings is 1. The molecule has 0 aliphatic rings. The predicted octanol–water partition coefficient (Wildman–Crippen LogP) is 2.28. The number of carbonyl (C=O) groups is 1. The lowest BCUT2D eigenvalue weighted by molar-refractivity contribution is -0.115. The van der Waals surface area contributed by atoms with Gasteiger partial charge in [-0.2, -0.15) is 0 Å². The summed E-state index contributed by atoms with van der Waals surface area (Å²) in [6.45, 7) is 1.98. The molecule has 0 aliphatic heterocycles. The van der Waals surface area contributed by atoms with Gasteiger partial charge in [-0.15, -0.1) is 11.3 Å². The number of hydrogen-bond acceptors (Lipinski definition) is 5. The maximum atomic E-state index is 12.0. The zero-order valence-electron chi connectivity index (χ0n) is 11.8. The molecule has 0 atom stereocenters. The number of thiazole rings is 1. The number of nitrogen functional groups attached to an aromatic ring is 1. The van der Waals surface area contributed by atoms with Gasteiger partial charge in [0, 0.05) is 30.9 Å². The van der Waals surface area contributed by atoms with E-state index < -0.39 is 0 Å². The Morgan fingerprint density at radius 2 is 2.20 bits per heavy atom. The van der Waals surface area contributed by atoms with Gasteiger partial charge < -0.3 is 16.0 Å². The zero-order chi connectivity index (χ0) is 14.7. The molecular formula is C14H18N4OS. The second kappa shape index (κ2) is 5.92. The molecule has 6 heteroatoms. The molecule has 1 aromatic carbocycles. The van der Waals surface area contributed by atoms with E-state index in [4.69, 9.17) is 5.73 Å². The fourth-order valence-electron chi connectivity index (χ4n) is 1.83. The number of carbonyl (C=O) groups excluding carboxylic acids is 1. The number of nitrogens with one attached hydrogen (secondary N) is 1. The van der Waals surface area contributed by atoms with Crippen molar-refractivity contribution in [3.05, 3.63) is 34.8 Å². The molecule has 2 rings (SSSR count). The van der Waals surface area contributed by atoms with Crippen LogP contribution in [0.5, 0.6) is 0 Å². The molecule has 2 aromatic rings. The minimum absolute atomic E-state index is 0.0870. The third-order valence-corrected chi connectivity index (χ3v) is 3.63. The van der Waals surface area contributed by atoms with Gasteiger partial charge in [-0.3, -0.25) is 4.79 Å². The Morgan fingerprint density at radius 1 is 1.45 bits per heavy atom. The van der Waals surface area contributed by atoms with Crippen LogP contribution in [0.1, 0.15) is 11.3 Å². The lowest BCUT2D eigenvalue weighted by atomic mass is 10.1. The number of nitrogens with two attached hydrogens (primary N) is 1. The van der Waals surface area contributed by atoms with E-state index in [1.165, 1.54) is 11.3 Å². The van der Waals surface area contributed by atoms with Crippen LogP contribution >= 0.6 is 11.3 Å². The minimum Gasteiger partial charge on any atom is -0.378 e. The van der Waals surface area contributed by atoms with Gasteiger partial charge in [0.05, 0.1) is 12.1 Å². The van der Waals surface area contributed by atoms with Crippen LogP contribution in [-0.4, -0.2) is 25.0 Å². The van der Waals surface area contributed by atoms with Gasteiger partial charge in [0.25, 0.3) is 0 Å². The second-order valence-electron chi connectivity index (χ2n) is 4.80. The normalized spacial score (nSPS) is 10.3. The highest BCUT2D eigenvalue weighted by atomic mass is 32.1. The molecule has 0 fully saturated rings. The van der Waals surface area contributed by atoms with E-state index in [-0.39, 0.29) is 12.3 Å². The predicted molar refractivity (Wildman–Crippen MR) is 84.4 cm³/mol. The Kier molecular flexibility index (Phi) is 4.24. The summed E-state index contributed by atoms with van der Waals surface area (Å²) >= 11 is 1.34. The van der Waals surface area contributed by atoms with Crippen molar-refractivity contribution in [1.29, 1.82) is 0 Å². The van der Waals surface area contributed by atoms with Gasteiger partial charge in [-0.1, -0.05) is 0 Å². The van der Waals surface area contributed by atoms with E-state index in [0.29, 0.717) is 10.8 Å². The summed E-state index contributed by atoms with van der Waals surface area (Å²) in [4.78, 5) is 18.1. The van der Waals surface area contributed by atoms with Gasteiger partial charge in [0.2, 0.25) is 5.91 Å². The van der Waals surface area contributed by atoms with Crippen molar-refractivity contribution in [3.8, 4) is 0 Å². The largest absolute Gasteiger partial charge is 0.378 e. The SMILES string of the molecule is Cc1cc(N(C)C)ccc1NC(=O)Cc1csc(N)n1. The van der Waals surface area contributed by atoms with Gasteiger partial charge in [-0.25, -0.2) is 4.98 Å². The minimum atomic E-state index is -0.0870. The van der Waals surface area contributed by atoms with Crippen LogP contribution in [0.3, 0.4) is 0 Å². The van der Waals surface area contributed by atoms with Crippen molar-refractivity contribution in [1.82, 2.24) is 4.98 Å². The van der Waals surface area contributed by atoms with E-state index in [9.17, 15) is 4.79 Å². The Labute approximate surface area is 122 Å². The van der Waals surface area contributed by atoms with Crippen LogP contribution in [0.4, 0.5) is 16.5 Å². The molecule has 0 spiro atoms. The number of rotatable bonds is 4. The molecule has 0 saturated carbocycles. The van der Waals surface area contributed by atoms with Crippen molar-refractivity contribution in [3.63, 3.8) is 0 Å². The van der Waals surface area contributed by atoms with Crippen molar-refractivity contribution >= 4 is 33.8 Å². The maximum Gasteiger partial charge on any atom is 0.230 e. The first-order valence-corrected chi connectivity index (χ1v) is 7.11. The number of aromatic nitrogens is 1. The smallest absolute Gasteiger partial charge is 0.230 e. The summed E-state index contributed by atoms with van der Waals surface area (Å²) in [5.41, 5.74) is 9.21. The molecule has 1 aromatic heterocycles. The molecular weight excluding hydrogens is 272 g/mol. The van der Waals surface area contributed by atoms with Gasteiger partial charge in [-0.05, 0) is 30.7 Å². The van der Waals surface area contributed by atoms with E-state index in [0.717, 1.165) is 16.9 Å². The molecule has 0 saturated heterocycles. The number of aryl methyl sites for hydroxylation is 1. The lowest BCUT2D eigenvalue weighted by Gasteiger charge is -2.15. The molecule has 0 aliphatic carbocycles. The molecule has 20 heavy (non-hydrogen) atoms. The van der Waals surface area contributed by atoms with Crippen molar-refractivity contribution < 1.29 is 4.79 Å². The summed E-state index contributed by atoms with van der Waals surface area (Å²) in [7, 11) is 3.97. The molecule has 0 radical (unpaired) electrons. The van der Waals surface area contributed by atoms with E-state index in [2.05, 4.69) is 10.3 Å². The van der Waals surface area contributed by atoms with Gasteiger partial charge in [0.15, 0.2) is 5.13 Å². The van der Waals surface area contributed by atoms with Crippen molar-refractivity contribution in [2.45, 2.75) is 13.3 Å². The molecule has 3 N–H and O–H groups in total. The number of anilines is 3. The molecule has 5 nitrogen and oxygen atoms in total. The first-order chi connectivity index (χ1) is 9.45. The van der Waals surface area contributed by atoms with Crippen LogP contribution in [0, 0.1) is 6.92 Å². The zero-order valence-corrected chi connectivity index (χ0v) is 12.6. The summed E-state index contributed by atoms with van der Waals surface area (Å²) in [5, 5.41) is 5.19. The van der Waals surface area contributed by atoms with Crippen LogP contribution < -0.4 is 16.0 Å². The van der Waals surface area contributed by atoms with Crippen LogP contribution in [-0.2, 0) is 11.2 Å². The highest BCUT2D eigenvalue weighted by Crippen LogP contribution is 2.21. The van der Waals surface area contributed by atoms with Crippen LogP contribution in [0.15, 0.2) is 23.6 Å². The number of amides is 1. The highest BCUT2D eigenvalue weighted by molar-refractivity contribution is 7.13. The third kappa shape index (κ3) is 3.48. The molecule has 0 bridgehead atoms. The summed E-state index contributed by atoms with van der Waals surface area (Å²) in [5.74, 6) is -0.0870. The first kappa shape index (κ1) is 14.3. The summed E-state index contributed by atoms with van der Waals surface area (Å²) in [6, 6.07) is 5.93.